The summed E-state index contributed by atoms with van der Waals surface area (Å²) in [4.78, 5) is 15.3. The Morgan fingerprint density at radius 1 is 1.14 bits per heavy atom. The second-order valence-corrected chi connectivity index (χ2v) is 6.53. The third-order valence-corrected chi connectivity index (χ3v) is 4.46. The molecule has 2 aromatic rings. The van der Waals surface area contributed by atoms with Gasteiger partial charge in [-0.3, -0.25) is 4.79 Å². The topological polar surface area (TPSA) is 29.5 Å². The zero-order chi connectivity index (χ0) is 15.9. The molecule has 0 heterocycles. The quantitative estimate of drug-likeness (QED) is 0.759. The third-order valence-electron chi connectivity index (χ3n) is 3.36. The van der Waals surface area contributed by atoms with Gasteiger partial charge in [-0.2, -0.15) is 0 Å². The highest BCUT2D eigenvalue weighted by atomic mass is 32.2. The minimum atomic E-state index is -0.106. The Morgan fingerprint density at radius 3 is 2.36 bits per heavy atom. The van der Waals surface area contributed by atoms with Gasteiger partial charge in [0.1, 0.15) is 5.75 Å². The number of nitrogens with zero attached hydrogens (tertiary/aromatic N) is 1. The third kappa shape index (κ3) is 4.53. The van der Waals surface area contributed by atoms with E-state index >= 15 is 0 Å². The summed E-state index contributed by atoms with van der Waals surface area (Å²) in [7, 11) is 3.49. The highest BCUT2D eigenvalue weighted by molar-refractivity contribution is 8.00. The number of rotatable bonds is 6. The van der Waals surface area contributed by atoms with E-state index < -0.39 is 0 Å². The molecule has 0 aliphatic heterocycles. The van der Waals surface area contributed by atoms with E-state index in [1.54, 1.807) is 23.8 Å². The minimum absolute atomic E-state index is 0.106. The molecule has 2 aromatic carbocycles. The van der Waals surface area contributed by atoms with E-state index in [1.165, 1.54) is 0 Å². The first-order chi connectivity index (χ1) is 10.6. The van der Waals surface area contributed by atoms with Crippen molar-refractivity contribution >= 4 is 17.7 Å². The SMILES string of the molecule is COc1ccc(CN(C)C(=O)[C@@H](C)Sc2ccccc2)cc1. The fourth-order valence-electron chi connectivity index (χ4n) is 2.15. The van der Waals surface area contributed by atoms with Gasteiger partial charge in [0.2, 0.25) is 5.91 Å². The largest absolute Gasteiger partial charge is 0.497 e. The van der Waals surface area contributed by atoms with E-state index in [2.05, 4.69) is 0 Å². The predicted octanol–water partition coefficient (Wildman–Crippen LogP) is 3.83. The molecule has 0 N–H and O–H groups in total. The van der Waals surface area contributed by atoms with Crippen molar-refractivity contribution < 1.29 is 9.53 Å². The zero-order valence-electron chi connectivity index (χ0n) is 13.2. The van der Waals surface area contributed by atoms with Gasteiger partial charge in [0, 0.05) is 18.5 Å². The molecule has 2 rings (SSSR count). The van der Waals surface area contributed by atoms with Gasteiger partial charge >= 0.3 is 0 Å². The number of thioether (sulfide) groups is 1. The average molecular weight is 315 g/mol. The Balaban J connectivity index is 1.93. The Morgan fingerprint density at radius 2 is 1.77 bits per heavy atom. The first-order valence-electron chi connectivity index (χ1n) is 7.20. The van der Waals surface area contributed by atoms with Gasteiger partial charge in [-0.05, 0) is 36.8 Å². The summed E-state index contributed by atoms with van der Waals surface area (Å²) in [6.07, 6.45) is 0. The van der Waals surface area contributed by atoms with Gasteiger partial charge in [0.25, 0.3) is 0 Å². The maximum Gasteiger partial charge on any atom is 0.235 e. The van der Waals surface area contributed by atoms with Gasteiger partial charge in [-0.1, -0.05) is 30.3 Å². The van der Waals surface area contributed by atoms with Crippen LogP contribution in [-0.4, -0.2) is 30.2 Å². The van der Waals surface area contributed by atoms with Crippen molar-refractivity contribution in [3.05, 3.63) is 60.2 Å². The van der Waals surface area contributed by atoms with Gasteiger partial charge in [0.15, 0.2) is 0 Å². The van der Waals surface area contributed by atoms with Crippen LogP contribution in [0.3, 0.4) is 0 Å². The number of methoxy groups -OCH3 is 1. The Bertz CT molecular complexity index is 598. The van der Waals surface area contributed by atoms with Gasteiger partial charge in [-0.25, -0.2) is 0 Å². The smallest absolute Gasteiger partial charge is 0.235 e. The van der Waals surface area contributed by atoms with E-state index in [4.69, 9.17) is 4.74 Å². The van der Waals surface area contributed by atoms with Crippen molar-refractivity contribution in [3.63, 3.8) is 0 Å². The number of hydrogen-bond donors (Lipinski definition) is 0. The van der Waals surface area contributed by atoms with Crippen molar-refractivity contribution in [2.24, 2.45) is 0 Å². The van der Waals surface area contributed by atoms with Crippen LogP contribution in [0, 0.1) is 0 Å². The second kappa shape index (κ2) is 7.90. The zero-order valence-corrected chi connectivity index (χ0v) is 14.0. The fourth-order valence-corrected chi connectivity index (χ4v) is 3.15. The molecular formula is C18H21NO2S. The lowest BCUT2D eigenvalue weighted by molar-refractivity contribution is -0.129. The maximum absolute atomic E-state index is 12.5. The monoisotopic (exact) mass is 315 g/mol. The summed E-state index contributed by atoms with van der Waals surface area (Å²) >= 11 is 1.59. The van der Waals surface area contributed by atoms with E-state index in [-0.39, 0.29) is 11.2 Å². The molecule has 4 heteroatoms. The van der Waals surface area contributed by atoms with Crippen LogP contribution in [0.25, 0.3) is 0 Å². The molecular weight excluding hydrogens is 294 g/mol. The molecule has 116 valence electrons. The first-order valence-corrected chi connectivity index (χ1v) is 8.07. The summed E-state index contributed by atoms with van der Waals surface area (Å²) in [5, 5.41) is -0.106. The number of ether oxygens (including phenoxy) is 1. The van der Waals surface area contributed by atoms with Crippen molar-refractivity contribution in [1.29, 1.82) is 0 Å². The second-order valence-electron chi connectivity index (χ2n) is 5.12. The fraction of sp³-hybridized carbons (Fsp3) is 0.278. The van der Waals surface area contributed by atoms with Crippen LogP contribution in [0.15, 0.2) is 59.5 Å². The summed E-state index contributed by atoms with van der Waals surface area (Å²) in [5.74, 6) is 0.954. The molecule has 0 unspecified atom stereocenters. The van der Waals surface area contributed by atoms with Gasteiger partial charge in [-0.15, -0.1) is 11.8 Å². The molecule has 0 saturated heterocycles. The number of hydrogen-bond acceptors (Lipinski definition) is 3. The highest BCUT2D eigenvalue weighted by Gasteiger charge is 2.18. The summed E-state index contributed by atoms with van der Waals surface area (Å²) < 4.78 is 5.14. The molecule has 1 atom stereocenters. The summed E-state index contributed by atoms with van der Waals surface area (Å²) in [6.45, 7) is 2.55. The predicted molar refractivity (Wildman–Crippen MR) is 91.2 cm³/mol. The first kappa shape index (κ1) is 16.4. The van der Waals surface area contributed by atoms with Gasteiger partial charge in [0.05, 0.1) is 12.4 Å². The molecule has 22 heavy (non-hydrogen) atoms. The van der Waals surface area contributed by atoms with Crippen molar-refractivity contribution in [1.82, 2.24) is 4.90 Å². The van der Waals surface area contributed by atoms with E-state index in [0.717, 1.165) is 16.2 Å². The molecule has 0 fully saturated rings. The minimum Gasteiger partial charge on any atom is -0.497 e. The summed E-state index contributed by atoms with van der Waals surface area (Å²) in [5.41, 5.74) is 1.09. The Hall–Kier alpha value is -1.94. The molecule has 3 nitrogen and oxygen atoms in total. The number of carbonyl (C=O) groups excluding carboxylic acids is 1. The van der Waals surface area contributed by atoms with E-state index in [9.17, 15) is 4.79 Å². The summed E-state index contributed by atoms with van der Waals surface area (Å²) in [6, 6.07) is 17.8. The van der Waals surface area contributed by atoms with Crippen LogP contribution in [0.2, 0.25) is 0 Å². The molecule has 0 bridgehead atoms. The lowest BCUT2D eigenvalue weighted by Gasteiger charge is -2.21. The van der Waals surface area contributed by atoms with Crippen LogP contribution in [0.1, 0.15) is 12.5 Å². The van der Waals surface area contributed by atoms with Gasteiger partial charge < -0.3 is 9.64 Å². The standard InChI is InChI=1S/C18H21NO2S/c1-14(22-17-7-5-4-6-8-17)18(20)19(2)13-15-9-11-16(21-3)12-10-15/h4-12,14H,13H2,1-3H3/t14-/m1/s1. The van der Waals surface area contributed by atoms with Crippen LogP contribution < -0.4 is 4.74 Å². The number of amides is 1. The number of benzene rings is 2. The normalized spacial score (nSPS) is 11.8. The molecule has 1 amide bonds. The van der Waals surface area contributed by atoms with Crippen molar-refractivity contribution in [2.75, 3.05) is 14.2 Å². The van der Waals surface area contributed by atoms with Crippen molar-refractivity contribution in [3.8, 4) is 5.75 Å². The van der Waals surface area contributed by atoms with Crippen molar-refractivity contribution in [2.45, 2.75) is 23.6 Å². The van der Waals surface area contributed by atoms with Crippen LogP contribution in [-0.2, 0) is 11.3 Å². The van der Waals surface area contributed by atoms with E-state index in [0.29, 0.717) is 6.54 Å². The lowest BCUT2D eigenvalue weighted by atomic mass is 10.2. The Labute approximate surface area is 136 Å². The molecule has 0 aromatic heterocycles. The van der Waals surface area contributed by atoms with Crippen LogP contribution >= 0.6 is 11.8 Å². The van der Waals surface area contributed by atoms with Crippen LogP contribution in [0.4, 0.5) is 0 Å². The van der Waals surface area contributed by atoms with Crippen LogP contribution in [0.5, 0.6) is 5.75 Å². The molecule has 0 spiro atoms. The average Bonchev–Trinajstić information content (AvgIpc) is 2.55. The number of carbonyl (C=O) groups is 1. The molecule has 0 radical (unpaired) electrons. The maximum atomic E-state index is 12.5. The Kier molecular flexibility index (Phi) is 5.90. The van der Waals surface area contributed by atoms with E-state index in [1.807, 2.05) is 68.6 Å². The lowest BCUT2D eigenvalue weighted by Crippen LogP contribution is -2.32. The highest BCUT2D eigenvalue weighted by Crippen LogP contribution is 2.24. The molecule has 0 aliphatic rings. The molecule has 0 saturated carbocycles. The molecule has 0 aliphatic carbocycles.